The molecule has 0 unspecified atom stereocenters. The number of carbonyl (C=O) groups excluding carboxylic acids is 4. The van der Waals surface area contributed by atoms with Crippen LogP contribution in [0.4, 0.5) is 22.7 Å². The fraction of sp³-hybridized carbons (Fsp3) is 0.238. The molecule has 0 N–H and O–H groups in total. The minimum atomic E-state index is -0.644. The lowest BCUT2D eigenvalue weighted by molar-refractivity contribution is -0.387. The molecule has 11 nitrogen and oxygen atoms in total. The monoisotopic (exact) mass is 801 g/mol. The summed E-state index contributed by atoms with van der Waals surface area (Å²) in [6.45, 7) is 7.76. The molecule has 3 fully saturated rings. The Labute approximate surface area is 336 Å². The Morgan fingerprint density at radius 2 is 1.30 bits per heavy atom. The Kier molecular flexibility index (Phi) is 9.67. The quantitative estimate of drug-likeness (QED) is 0.0395. The van der Waals surface area contributed by atoms with Gasteiger partial charge in [0.05, 0.1) is 48.9 Å². The molecule has 56 heavy (non-hydrogen) atoms. The average molecular weight is 802 g/mol. The minimum Gasteiger partial charge on any atom is -0.274 e. The maximum absolute atomic E-state index is 14.2. The lowest BCUT2D eigenvalue weighted by Crippen LogP contribution is -2.57. The number of nitro benzene ring substituents is 1. The molecule has 3 aliphatic rings. The zero-order chi connectivity index (χ0) is 39.6. The molecule has 8 rings (SSSR count). The van der Waals surface area contributed by atoms with Crippen molar-refractivity contribution in [3.8, 4) is 0 Å². The standard InChI is InChI=1S/C42H35N5O6S3/c1-22-9-12-27(17-24(22)3)45-39(50)32(40(51)46(42(45)54)28-13-10-23(2)25(4)18-28)19-26-11-16-35(34(20-26)47(52)53)55-41-43-33-15-14-29(21-36(33)56-41)44-37(48)30-7-5-6-8-31(30)38(44)49/h9-21,30-31H,5-8H2,1-4H3/t30-,31-/m0/s1. The third kappa shape index (κ3) is 6.50. The zero-order valence-electron chi connectivity index (χ0n) is 30.9. The summed E-state index contributed by atoms with van der Waals surface area (Å²) < 4.78 is 1.26. The summed E-state index contributed by atoms with van der Waals surface area (Å²) in [7, 11) is 0. The van der Waals surface area contributed by atoms with Gasteiger partial charge in [0.2, 0.25) is 11.8 Å². The summed E-state index contributed by atoms with van der Waals surface area (Å²) in [5, 5.41) is 12.5. The van der Waals surface area contributed by atoms with Crippen LogP contribution in [0.3, 0.4) is 0 Å². The van der Waals surface area contributed by atoms with Crippen LogP contribution in [-0.2, 0) is 19.2 Å². The van der Waals surface area contributed by atoms with Crippen molar-refractivity contribution in [2.45, 2.75) is 62.6 Å². The van der Waals surface area contributed by atoms with Crippen molar-refractivity contribution in [1.82, 2.24) is 4.98 Å². The molecule has 4 amide bonds. The number of anilines is 3. The molecule has 0 bridgehead atoms. The molecule has 0 radical (unpaired) electrons. The van der Waals surface area contributed by atoms with Gasteiger partial charge in [-0.15, -0.1) is 11.3 Å². The van der Waals surface area contributed by atoms with E-state index in [4.69, 9.17) is 12.2 Å². The average Bonchev–Trinajstić information content (AvgIpc) is 3.69. The van der Waals surface area contributed by atoms with E-state index in [1.54, 1.807) is 42.5 Å². The van der Waals surface area contributed by atoms with Gasteiger partial charge in [0.15, 0.2) is 9.45 Å². The minimum absolute atomic E-state index is 0.000905. The van der Waals surface area contributed by atoms with Crippen LogP contribution in [0.1, 0.15) is 53.5 Å². The van der Waals surface area contributed by atoms with Crippen molar-refractivity contribution in [3.63, 3.8) is 0 Å². The maximum Gasteiger partial charge on any atom is 0.283 e. The number of nitro groups is 1. The van der Waals surface area contributed by atoms with Crippen LogP contribution in [0.25, 0.3) is 16.3 Å². The number of hydrogen-bond donors (Lipinski definition) is 0. The van der Waals surface area contributed by atoms with Crippen LogP contribution in [0, 0.1) is 49.6 Å². The van der Waals surface area contributed by atoms with Crippen LogP contribution in [-0.4, -0.2) is 38.6 Å². The highest BCUT2D eigenvalue weighted by Crippen LogP contribution is 2.43. The second kappa shape index (κ2) is 14.5. The third-order valence-corrected chi connectivity index (χ3v) is 13.4. The van der Waals surface area contributed by atoms with Gasteiger partial charge < -0.3 is 0 Å². The number of aromatic nitrogens is 1. The molecule has 0 spiro atoms. The number of amides is 4. The van der Waals surface area contributed by atoms with Crippen LogP contribution in [0.2, 0.25) is 0 Å². The largest absolute Gasteiger partial charge is 0.283 e. The first-order valence-corrected chi connectivity index (χ1v) is 20.2. The van der Waals surface area contributed by atoms with Gasteiger partial charge in [-0.1, -0.05) is 42.8 Å². The van der Waals surface area contributed by atoms with E-state index in [0.29, 0.717) is 31.8 Å². The first-order chi connectivity index (χ1) is 26.8. The number of carbonyl (C=O) groups is 4. The van der Waals surface area contributed by atoms with Gasteiger partial charge in [0.1, 0.15) is 5.57 Å². The number of hydrogen-bond acceptors (Lipinski definition) is 10. The molecule has 5 aromatic rings. The van der Waals surface area contributed by atoms with E-state index in [9.17, 15) is 29.3 Å². The molecule has 1 aromatic heterocycles. The predicted octanol–water partition coefficient (Wildman–Crippen LogP) is 9.02. The Morgan fingerprint density at radius 3 is 1.86 bits per heavy atom. The zero-order valence-corrected chi connectivity index (χ0v) is 33.3. The van der Waals surface area contributed by atoms with E-state index in [0.717, 1.165) is 64.4 Å². The van der Waals surface area contributed by atoms with Gasteiger partial charge in [-0.25, -0.2) is 4.98 Å². The van der Waals surface area contributed by atoms with Crippen molar-refractivity contribution in [3.05, 3.63) is 116 Å². The molecule has 3 heterocycles. The van der Waals surface area contributed by atoms with Gasteiger partial charge in [-0.2, -0.15) is 0 Å². The normalized spacial score (nSPS) is 18.7. The number of nitrogens with zero attached hydrogens (tertiary/aromatic N) is 5. The molecular formula is C42H35N5O6S3. The second-order valence-electron chi connectivity index (χ2n) is 14.4. The van der Waals surface area contributed by atoms with E-state index in [2.05, 4.69) is 4.98 Å². The fourth-order valence-electron chi connectivity index (χ4n) is 7.52. The number of imide groups is 1. The highest BCUT2D eigenvalue weighted by Gasteiger charge is 2.49. The lowest BCUT2D eigenvalue weighted by Gasteiger charge is -2.37. The Hall–Kier alpha value is -5.57. The smallest absolute Gasteiger partial charge is 0.274 e. The van der Waals surface area contributed by atoms with E-state index in [1.807, 2.05) is 52.0 Å². The van der Waals surface area contributed by atoms with Crippen LogP contribution in [0.5, 0.6) is 0 Å². The molecule has 14 heteroatoms. The van der Waals surface area contributed by atoms with Crippen LogP contribution >= 0.6 is 35.3 Å². The van der Waals surface area contributed by atoms with Crippen molar-refractivity contribution >= 4 is 103 Å². The van der Waals surface area contributed by atoms with E-state index < -0.39 is 16.7 Å². The van der Waals surface area contributed by atoms with Gasteiger partial charge >= 0.3 is 0 Å². The fourth-order valence-corrected chi connectivity index (χ4v) is 10.0. The molecule has 2 aliphatic heterocycles. The topological polar surface area (TPSA) is 134 Å². The maximum atomic E-state index is 14.2. The Balaban J connectivity index is 1.12. The summed E-state index contributed by atoms with van der Waals surface area (Å²) in [5.74, 6) is -2.13. The number of benzene rings is 4. The molecule has 1 aliphatic carbocycles. The molecule has 2 atom stereocenters. The lowest BCUT2D eigenvalue weighted by atomic mass is 9.81. The summed E-state index contributed by atoms with van der Waals surface area (Å²) in [6.07, 6.45) is 4.70. The number of rotatable bonds is 7. The highest BCUT2D eigenvalue weighted by atomic mass is 32.2. The Morgan fingerprint density at radius 1 is 0.750 bits per heavy atom. The van der Waals surface area contributed by atoms with E-state index >= 15 is 0 Å². The van der Waals surface area contributed by atoms with E-state index in [1.165, 1.54) is 38.2 Å². The van der Waals surface area contributed by atoms with Gasteiger partial charge in [-0.05, 0) is 135 Å². The number of fused-ring (bicyclic) bond motifs is 2. The van der Waals surface area contributed by atoms with Gasteiger partial charge in [0, 0.05) is 6.07 Å². The first kappa shape index (κ1) is 37.4. The molecule has 1 saturated carbocycles. The van der Waals surface area contributed by atoms with Crippen molar-refractivity contribution in [2.24, 2.45) is 11.8 Å². The summed E-state index contributed by atoms with van der Waals surface area (Å²) in [6, 6.07) is 20.7. The number of thiazole rings is 1. The van der Waals surface area contributed by atoms with Crippen molar-refractivity contribution in [1.29, 1.82) is 0 Å². The Bertz CT molecular complexity index is 2500. The number of thiocarbonyl (C=S) groups is 1. The first-order valence-electron chi connectivity index (χ1n) is 18.1. The molecule has 4 aromatic carbocycles. The third-order valence-electron chi connectivity index (χ3n) is 10.9. The van der Waals surface area contributed by atoms with Gasteiger partial charge in [0.25, 0.3) is 17.5 Å². The summed E-state index contributed by atoms with van der Waals surface area (Å²) in [5.41, 5.74) is 5.88. The summed E-state index contributed by atoms with van der Waals surface area (Å²) in [4.78, 5) is 75.7. The summed E-state index contributed by atoms with van der Waals surface area (Å²) >= 11 is 8.23. The molecular weight excluding hydrogens is 767 g/mol. The second-order valence-corrected chi connectivity index (χ2v) is 17.1. The molecule has 2 saturated heterocycles. The van der Waals surface area contributed by atoms with Crippen LogP contribution < -0.4 is 14.7 Å². The SMILES string of the molecule is Cc1ccc(N2C(=O)C(=Cc3ccc(Sc4nc5ccc(N6C(=O)[C@H]7CCCC[C@@H]7C6=O)cc5s4)c([N+](=O)[O-])c3)C(=O)N(c3ccc(C)c(C)c3)C2=S)cc1C. The molecule has 282 valence electrons. The van der Waals surface area contributed by atoms with Crippen LogP contribution in [0.15, 0.2) is 87.6 Å². The van der Waals surface area contributed by atoms with Gasteiger partial charge in [-0.3, -0.25) is 44.0 Å². The van der Waals surface area contributed by atoms with E-state index in [-0.39, 0.29) is 45.6 Å². The number of aryl methyl sites for hydroxylation is 4. The van der Waals surface area contributed by atoms with Crippen molar-refractivity contribution in [2.75, 3.05) is 14.7 Å². The predicted molar refractivity (Wildman–Crippen MR) is 222 cm³/mol. The highest BCUT2D eigenvalue weighted by molar-refractivity contribution is 8.01. The van der Waals surface area contributed by atoms with Crippen molar-refractivity contribution < 1.29 is 24.1 Å².